The average molecular weight is 406 g/mol. The van der Waals surface area contributed by atoms with Crippen LogP contribution in [0.4, 0.5) is 0 Å². The first-order valence-electron chi connectivity index (χ1n) is 10.0. The zero-order valence-electron chi connectivity index (χ0n) is 16.5. The fraction of sp³-hybridized carbons (Fsp3) is 0.0357. The van der Waals surface area contributed by atoms with E-state index in [1.807, 2.05) is 30.3 Å². The molecule has 0 radical (unpaired) electrons. The second-order valence-corrected chi connectivity index (χ2v) is 9.36. The van der Waals surface area contributed by atoms with Crippen molar-refractivity contribution in [3.8, 4) is 0 Å². The van der Waals surface area contributed by atoms with E-state index in [1.54, 1.807) is 0 Å². The topological polar surface area (TPSA) is 17.1 Å². The quantitative estimate of drug-likeness (QED) is 0.229. The zero-order valence-corrected chi connectivity index (χ0v) is 17.3. The van der Waals surface area contributed by atoms with Crippen LogP contribution in [-0.4, -0.2) is 11.5 Å². The van der Waals surface area contributed by atoms with Gasteiger partial charge < -0.3 is 0 Å². The van der Waals surface area contributed by atoms with Crippen molar-refractivity contribution in [3.63, 3.8) is 0 Å². The number of rotatable bonds is 5. The number of benzene rings is 5. The van der Waals surface area contributed by atoms with Gasteiger partial charge in [0.25, 0.3) is 0 Å². The summed E-state index contributed by atoms with van der Waals surface area (Å²) in [6.45, 7) is 0. The third-order valence-electron chi connectivity index (χ3n) is 5.38. The van der Waals surface area contributed by atoms with E-state index in [2.05, 4.69) is 84.9 Å². The monoisotopic (exact) mass is 405 g/mol. The van der Waals surface area contributed by atoms with E-state index >= 15 is 0 Å². The third-order valence-corrected chi connectivity index (χ3v) is 7.58. The number of carbonyl (C=O) groups is 1. The van der Waals surface area contributed by atoms with Gasteiger partial charge >= 0.3 is 0 Å². The summed E-state index contributed by atoms with van der Waals surface area (Å²) < 4.78 is 0. The SMILES string of the molecule is O=C(C[S+](c1ccc2ccccc2c1)c1ccc2ccccc2c1)c1ccccc1. The van der Waals surface area contributed by atoms with Crippen molar-refractivity contribution in [2.75, 3.05) is 5.75 Å². The van der Waals surface area contributed by atoms with Crippen LogP contribution in [0.25, 0.3) is 21.5 Å². The smallest absolute Gasteiger partial charge is 0.212 e. The maximum atomic E-state index is 13.1. The molecule has 0 spiro atoms. The van der Waals surface area contributed by atoms with Gasteiger partial charge in [0.05, 0.1) is 10.9 Å². The summed E-state index contributed by atoms with van der Waals surface area (Å²) in [4.78, 5) is 15.5. The summed E-state index contributed by atoms with van der Waals surface area (Å²) in [5.74, 6) is 0.654. The summed E-state index contributed by atoms with van der Waals surface area (Å²) >= 11 is 0. The van der Waals surface area contributed by atoms with E-state index in [0.717, 1.165) is 5.56 Å². The molecule has 0 bridgehead atoms. The van der Waals surface area contributed by atoms with Crippen molar-refractivity contribution in [1.29, 1.82) is 0 Å². The minimum atomic E-state index is -0.343. The van der Waals surface area contributed by atoms with Gasteiger partial charge in [0.1, 0.15) is 0 Å². The first kappa shape index (κ1) is 18.7. The Morgan fingerprint density at radius 3 is 1.53 bits per heavy atom. The summed E-state index contributed by atoms with van der Waals surface area (Å²) in [5.41, 5.74) is 0.775. The van der Waals surface area contributed by atoms with Gasteiger partial charge in [-0.3, -0.25) is 4.79 Å². The van der Waals surface area contributed by atoms with Crippen LogP contribution in [0.15, 0.2) is 125 Å². The molecule has 0 fully saturated rings. The lowest BCUT2D eigenvalue weighted by Gasteiger charge is -2.10. The van der Waals surface area contributed by atoms with E-state index in [0.29, 0.717) is 5.75 Å². The van der Waals surface area contributed by atoms with E-state index in [9.17, 15) is 4.79 Å². The van der Waals surface area contributed by atoms with Crippen molar-refractivity contribution in [1.82, 2.24) is 0 Å². The first-order valence-corrected chi connectivity index (χ1v) is 11.4. The first-order chi connectivity index (χ1) is 14.8. The van der Waals surface area contributed by atoms with Crippen LogP contribution >= 0.6 is 0 Å². The molecule has 0 aliphatic rings. The highest BCUT2D eigenvalue weighted by Crippen LogP contribution is 2.30. The normalized spacial score (nSPS) is 11.2. The number of ketones is 1. The highest BCUT2D eigenvalue weighted by molar-refractivity contribution is 7.97. The van der Waals surface area contributed by atoms with Gasteiger partial charge in [-0.05, 0) is 45.8 Å². The molecule has 5 rings (SSSR count). The molecule has 5 aromatic rings. The molecule has 0 saturated carbocycles. The van der Waals surface area contributed by atoms with Crippen LogP contribution in [0.3, 0.4) is 0 Å². The Morgan fingerprint density at radius 2 is 1.00 bits per heavy atom. The molecular formula is C28H21OS+. The van der Waals surface area contributed by atoms with Crippen LogP contribution in [0.1, 0.15) is 10.4 Å². The van der Waals surface area contributed by atoms with Crippen LogP contribution in [0.2, 0.25) is 0 Å². The van der Waals surface area contributed by atoms with Crippen molar-refractivity contribution in [2.45, 2.75) is 9.79 Å². The molecule has 2 heteroatoms. The molecule has 0 unspecified atom stereocenters. The maximum Gasteiger partial charge on any atom is 0.212 e. The van der Waals surface area contributed by atoms with Gasteiger partial charge in [0.15, 0.2) is 15.5 Å². The lowest BCUT2D eigenvalue weighted by atomic mass is 10.1. The number of fused-ring (bicyclic) bond motifs is 2. The largest absolute Gasteiger partial charge is 0.289 e. The Labute approximate surface area is 179 Å². The standard InChI is InChI=1S/C28H21OS/c29-28(23-10-2-1-3-11-23)20-30(26-16-14-21-8-4-6-12-24(21)18-26)27-17-15-22-9-5-7-13-25(22)19-27/h1-19H,20H2/q+1. The Balaban J connectivity index is 1.60. The Morgan fingerprint density at radius 1 is 0.533 bits per heavy atom. The Hall–Kier alpha value is -3.36. The molecule has 0 atom stereocenters. The molecule has 30 heavy (non-hydrogen) atoms. The lowest BCUT2D eigenvalue weighted by molar-refractivity contribution is 0.102. The molecule has 5 aromatic carbocycles. The molecular weight excluding hydrogens is 384 g/mol. The fourth-order valence-corrected chi connectivity index (χ4v) is 5.82. The predicted octanol–water partition coefficient (Wildman–Crippen LogP) is 6.91. The van der Waals surface area contributed by atoms with E-state index in [4.69, 9.17) is 0 Å². The molecule has 0 heterocycles. The van der Waals surface area contributed by atoms with Gasteiger partial charge in [-0.15, -0.1) is 0 Å². The summed E-state index contributed by atoms with van der Waals surface area (Å²) in [7, 11) is -0.343. The molecule has 0 amide bonds. The molecule has 0 aromatic heterocycles. The number of hydrogen-bond acceptors (Lipinski definition) is 1. The second-order valence-electron chi connectivity index (χ2n) is 7.34. The van der Waals surface area contributed by atoms with Gasteiger partial charge in [-0.25, -0.2) is 0 Å². The van der Waals surface area contributed by atoms with Crippen molar-refractivity contribution >= 4 is 38.2 Å². The molecule has 144 valence electrons. The number of Topliss-reactive ketones (excluding diaryl/α,β-unsaturated/α-hetero) is 1. The average Bonchev–Trinajstić information content (AvgIpc) is 2.82. The van der Waals surface area contributed by atoms with Crippen LogP contribution in [0, 0.1) is 0 Å². The number of hydrogen-bond donors (Lipinski definition) is 0. The zero-order chi connectivity index (χ0) is 20.3. The predicted molar refractivity (Wildman–Crippen MR) is 127 cm³/mol. The van der Waals surface area contributed by atoms with Crippen LogP contribution < -0.4 is 0 Å². The lowest BCUT2D eigenvalue weighted by Crippen LogP contribution is -2.17. The van der Waals surface area contributed by atoms with Gasteiger partial charge in [0, 0.05) is 17.7 Å². The minimum absolute atomic E-state index is 0.181. The van der Waals surface area contributed by atoms with Gasteiger partial charge in [0.2, 0.25) is 5.78 Å². The number of carbonyl (C=O) groups excluding carboxylic acids is 1. The molecule has 0 aliphatic carbocycles. The summed E-state index contributed by atoms with van der Waals surface area (Å²) in [6, 6.07) is 39.6. The molecule has 0 aliphatic heterocycles. The summed E-state index contributed by atoms with van der Waals surface area (Å²) in [6.07, 6.45) is 0. The fourth-order valence-electron chi connectivity index (χ4n) is 3.78. The van der Waals surface area contributed by atoms with E-state index < -0.39 is 0 Å². The third kappa shape index (κ3) is 3.74. The second kappa shape index (κ2) is 8.17. The molecule has 0 saturated heterocycles. The van der Waals surface area contributed by atoms with Gasteiger partial charge in [-0.1, -0.05) is 78.9 Å². The Bertz CT molecular complexity index is 1260. The molecule has 0 N–H and O–H groups in total. The van der Waals surface area contributed by atoms with Gasteiger partial charge in [-0.2, -0.15) is 0 Å². The Kier molecular flexibility index (Phi) is 5.08. The van der Waals surface area contributed by atoms with Crippen LogP contribution in [0.5, 0.6) is 0 Å². The highest BCUT2D eigenvalue weighted by atomic mass is 32.2. The maximum absolute atomic E-state index is 13.1. The van der Waals surface area contributed by atoms with Crippen molar-refractivity contribution < 1.29 is 4.79 Å². The summed E-state index contributed by atoms with van der Waals surface area (Å²) in [5, 5.41) is 4.86. The van der Waals surface area contributed by atoms with Crippen LogP contribution in [-0.2, 0) is 10.9 Å². The molecule has 1 nitrogen and oxygen atoms in total. The van der Waals surface area contributed by atoms with Crippen molar-refractivity contribution in [2.24, 2.45) is 0 Å². The minimum Gasteiger partial charge on any atom is -0.289 e. The van der Waals surface area contributed by atoms with E-state index in [1.165, 1.54) is 31.3 Å². The van der Waals surface area contributed by atoms with E-state index in [-0.39, 0.29) is 16.7 Å². The van der Waals surface area contributed by atoms with Crippen molar-refractivity contribution in [3.05, 3.63) is 121 Å². The highest BCUT2D eigenvalue weighted by Gasteiger charge is 2.29.